The van der Waals surface area contributed by atoms with E-state index in [0.717, 1.165) is 16.7 Å². The topological polar surface area (TPSA) is 38.3 Å². The van der Waals surface area contributed by atoms with Gasteiger partial charge in [0.15, 0.2) is 0 Å². The zero-order valence-electron chi connectivity index (χ0n) is 18.1. The lowest BCUT2D eigenvalue weighted by Gasteiger charge is -2.14. The van der Waals surface area contributed by atoms with Crippen molar-refractivity contribution < 1.29 is 9.53 Å². The monoisotopic (exact) mass is 429 g/mol. The third-order valence-corrected chi connectivity index (χ3v) is 5.87. The predicted octanol–water partition coefficient (Wildman–Crippen LogP) is 6.24. The van der Waals surface area contributed by atoms with Gasteiger partial charge in [0, 0.05) is 11.5 Å². The fourth-order valence-corrected chi connectivity index (χ4v) is 4.32. The first-order valence-electron chi connectivity index (χ1n) is 11.0. The highest BCUT2D eigenvalue weighted by Crippen LogP contribution is 2.44. The first-order chi connectivity index (χ1) is 16.3. The smallest absolute Gasteiger partial charge is 0.407 e. The maximum Gasteiger partial charge on any atom is 0.407 e. The lowest BCUT2D eigenvalue weighted by atomic mass is 9.98. The van der Waals surface area contributed by atoms with E-state index in [1.54, 1.807) is 0 Å². The van der Waals surface area contributed by atoms with E-state index >= 15 is 0 Å². The van der Waals surface area contributed by atoms with Crippen LogP contribution in [0.15, 0.2) is 103 Å². The standard InChI is InChI=1S/C30H23NO2/c32-30(31-19-9-11-22-10-8-14-24(20-22)23-12-2-1-3-13-23)33-21-29-27-17-6-4-15-25(27)26-16-5-7-18-28(26)29/h1-8,10,12-18,20,29H,19,21H2,(H,31,32). The van der Waals surface area contributed by atoms with Crippen LogP contribution in [0.4, 0.5) is 4.79 Å². The Morgan fingerprint density at radius 3 is 2.12 bits per heavy atom. The highest BCUT2D eigenvalue weighted by Gasteiger charge is 2.28. The van der Waals surface area contributed by atoms with Crippen molar-refractivity contribution in [2.24, 2.45) is 0 Å². The SMILES string of the molecule is O=C(NCC#Cc1cccc(-c2ccccc2)c1)OCC1c2ccccc2-c2ccccc21. The predicted molar refractivity (Wildman–Crippen MR) is 132 cm³/mol. The molecule has 0 bridgehead atoms. The van der Waals surface area contributed by atoms with E-state index in [2.05, 4.69) is 65.7 Å². The summed E-state index contributed by atoms with van der Waals surface area (Å²) in [6, 6.07) is 34.9. The molecule has 0 saturated carbocycles. The molecule has 1 N–H and O–H groups in total. The van der Waals surface area contributed by atoms with Crippen LogP contribution in [0.25, 0.3) is 22.3 Å². The van der Waals surface area contributed by atoms with E-state index < -0.39 is 6.09 Å². The minimum absolute atomic E-state index is 0.0509. The van der Waals surface area contributed by atoms with Gasteiger partial charge in [0.2, 0.25) is 0 Å². The van der Waals surface area contributed by atoms with Crippen LogP contribution in [0.2, 0.25) is 0 Å². The average Bonchev–Trinajstić information content (AvgIpc) is 3.20. The Morgan fingerprint density at radius 1 is 0.758 bits per heavy atom. The summed E-state index contributed by atoms with van der Waals surface area (Å²) in [7, 11) is 0. The molecule has 160 valence electrons. The molecular formula is C30H23NO2. The molecule has 0 fully saturated rings. The summed E-state index contributed by atoms with van der Waals surface area (Å²) in [4.78, 5) is 12.3. The number of nitrogens with one attached hydrogen (secondary N) is 1. The number of ether oxygens (including phenoxy) is 1. The average molecular weight is 430 g/mol. The van der Waals surface area contributed by atoms with Gasteiger partial charge in [-0.25, -0.2) is 4.79 Å². The van der Waals surface area contributed by atoms with Crippen molar-refractivity contribution >= 4 is 6.09 Å². The Kier molecular flexibility index (Phi) is 5.91. The normalized spacial score (nSPS) is 11.6. The molecule has 0 unspecified atom stereocenters. The number of fused-ring (bicyclic) bond motifs is 3. The van der Waals surface area contributed by atoms with E-state index in [-0.39, 0.29) is 12.5 Å². The van der Waals surface area contributed by atoms with Gasteiger partial charge in [-0.05, 0) is 45.5 Å². The largest absolute Gasteiger partial charge is 0.449 e. The lowest BCUT2D eigenvalue weighted by Crippen LogP contribution is -2.26. The number of carbonyl (C=O) groups is 1. The fraction of sp³-hybridized carbons (Fsp3) is 0.100. The number of carbonyl (C=O) groups excluding carboxylic acids is 1. The van der Waals surface area contributed by atoms with E-state index in [1.807, 2.05) is 54.6 Å². The summed E-state index contributed by atoms with van der Waals surface area (Å²) in [5.74, 6) is 6.17. The summed E-state index contributed by atoms with van der Waals surface area (Å²) in [6.07, 6.45) is -0.454. The van der Waals surface area contributed by atoms with Crippen molar-refractivity contribution in [3.8, 4) is 34.1 Å². The molecule has 3 nitrogen and oxygen atoms in total. The van der Waals surface area contributed by atoms with Crippen molar-refractivity contribution in [3.05, 3.63) is 120 Å². The van der Waals surface area contributed by atoms with Crippen molar-refractivity contribution in [1.29, 1.82) is 0 Å². The Morgan fingerprint density at radius 2 is 1.39 bits per heavy atom. The third-order valence-electron chi connectivity index (χ3n) is 5.87. The van der Waals surface area contributed by atoms with Gasteiger partial charge in [0.25, 0.3) is 0 Å². The minimum atomic E-state index is -0.454. The van der Waals surface area contributed by atoms with Crippen LogP contribution >= 0.6 is 0 Å². The van der Waals surface area contributed by atoms with Crippen molar-refractivity contribution in [1.82, 2.24) is 5.32 Å². The number of alkyl carbamates (subject to hydrolysis) is 1. The molecule has 0 spiro atoms. The van der Waals surface area contributed by atoms with E-state index in [9.17, 15) is 4.79 Å². The van der Waals surface area contributed by atoms with Gasteiger partial charge in [0.05, 0.1) is 6.54 Å². The molecule has 0 radical (unpaired) electrons. The molecule has 1 aliphatic carbocycles. The second-order valence-corrected chi connectivity index (χ2v) is 7.93. The second kappa shape index (κ2) is 9.46. The number of rotatable bonds is 4. The van der Waals surface area contributed by atoms with Crippen LogP contribution in [0, 0.1) is 11.8 Å². The van der Waals surface area contributed by atoms with E-state index in [1.165, 1.54) is 22.3 Å². The highest BCUT2D eigenvalue weighted by molar-refractivity contribution is 5.79. The molecule has 0 atom stereocenters. The number of amides is 1. The minimum Gasteiger partial charge on any atom is -0.449 e. The zero-order valence-corrected chi connectivity index (χ0v) is 18.1. The van der Waals surface area contributed by atoms with E-state index in [4.69, 9.17) is 4.74 Å². The molecule has 33 heavy (non-hydrogen) atoms. The first kappa shape index (κ1) is 20.6. The van der Waals surface area contributed by atoms with Gasteiger partial charge in [-0.2, -0.15) is 0 Å². The first-order valence-corrected chi connectivity index (χ1v) is 11.0. The Labute approximate surface area is 194 Å². The highest BCUT2D eigenvalue weighted by atomic mass is 16.5. The van der Waals surface area contributed by atoms with Gasteiger partial charge in [-0.15, -0.1) is 0 Å². The lowest BCUT2D eigenvalue weighted by molar-refractivity contribution is 0.144. The molecule has 5 rings (SSSR count). The second-order valence-electron chi connectivity index (χ2n) is 7.93. The van der Waals surface area contributed by atoms with Crippen molar-refractivity contribution in [2.45, 2.75) is 5.92 Å². The number of hydrogen-bond acceptors (Lipinski definition) is 2. The van der Waals surface area contributed by atoms with Gasteiger partial charge < -0.3 is 10.1 Å². The molecule has 1 aliphatic rings. The zero-order chi connectivity index (χ0) is 22.5. The van der Waals surface area contributed by atoms with Crippen molar-refractivity contribution in [3.63, 3.8) is 0 Å². The van der Waals surface area contributed by atoms with Crippen LogP contribution in [-0.2, 0) is 4.74 Å². The summed E-state index contributed by atoms with van der Waals surface area (Å²) in [6.45, 7) is 0.526. The molecule has 4 aromatic carbocycles. The van der Waals surface area contributed by atoms with Gasteiger partial charge >= 0.3 is 6.09 Å². The fourth-order valence-electron chi connectivity index (χ4n) is 4.32. The summed E-state index contributed by atoms with van der Waals surface area (Å²) < 4.78 is 5.55. The van der Waals surface area contributed by atoms with Gasteiger partial charge in [-0.1, -0.05) is 103 Å². The Hall–Kier alpha value is -4.29. The maximum absolute atomic E-state index is 12.3. The molecular weight excluding hydrogens is 406 g/mol. The van der Waals surface area contributed by atoms with Crippen LogP contribution in [0.1, 0.15) is 22.6 Å². The molecule has 0 aliphatic heterocycles. The summed E-state index contributed by atoms with van der Waals surface area (Å²) in [5.41, 5.74) is 8.00. The maximum atomic E-state index is 12.3. The molecule has 3 heteroatoms. The quantitative estimate of drug-likeness (QED) is 0.390. The van der Waals surface area contributed by atoms with Crippen LogP contribution in [-0.4, -0.2) is 19.2 Å². The van der Waals surface area contributed by atoms with E-state index in [0.29, 0.717) is 6.61 Å². The molecule has 0 heterocycles. The summed E-state index contributed by atoms with van der Waals surface area (Å²) in [5, 5.41) is 2.74. The Balaban J connectivity index is 1.18. The van der Waals surface area contributed by atoms with Gasteiger partial charge in [0.1, 0.15) is 6.61 Å². The van der Waals surface area contributed by atoms with Gasteiger partial charge in [-0.3, -0.25) is 0 Å². The summed E-state index contributed by atoms with van der Waals surface area (Å²) >= 11 is 0. The molecule has 0 aromatic heterocycles. The molecule has 4 aromatic rings. The molecule has 1 amide bonds. The van der Waals surface area contributed by atoms with Crippen molar-refractivity contribution in [2.75, 3.05) is 13.2 Å². The van der Waals surface area contributed by atoms with Crippen LogP contribution in [0.3, 0.4) is 0 Å². The Bertz CT molecular complexity index is 1300. The van der Waals surface area contributed by atoms with Crippen LogP contribution < -0.4 is 5.32 Å². The third kappa shape index (κ3) is 4.51. The van der Waals surface area contributed by atoms with Crippen LogP contribution in [0.5, 0.6) is 0 Å². The molecule has 0 saturated heterocycles. The number of hydrogen-bond donors (Lipinski definition) is 1. The number of benzene rings is 4.